The molecule has 0 bridgehead atoms. The highest BCUT2D eigenvalue weighted by Gasteiger charge is 2.16. The van der Waals surface area contributed by atoms with E-state index in [-0.39, 0.29) is 12.4 Å². The minimum Gasteiger partial charge on any atom is -0.460 e. The molecular formula is C18H23Br2N3O2. The minimum atomic E-state index is -0.438. The van der Waals surface area contributed by atoms with Crippen LogP contribution in [0.1, 0.15) is 37.7 Å². The van der Waals surface area contributed by atoms with E-state index in [4.69, 9.17) is 10.5 Å². The van der Waals surface area contributed by atoms with Crippen molar-refractivity contribution < 1.29 is 9.53 Å². The highest BCUT2D eigenvalue weighted by molar-refractivity contribution is 9.10. The monoisotopic (exact) mass is 471 g/mol. The van der Waals surface area contributed by atoms with Gasteiger partial charge in [0, 0.05) is 15.1 Å². The van der Waals surface area contributed by atoms with Crippen molar-refractivity contribution in [2.24, 2.45) is 0 Å². The highest BCUT2D eigenvalue weighted by Crippen LogP contribution is 2.17. The number of nitrogens with two attached hydrogens (primary N) is 1. The van der Waals surface area contributed by atoms with E-state index < -0.39 is 5.60 Å². The smallest absolute Gasteiger partial charge is 0.310 e. The molecule has 2 aromatic rings. The third-order valence-electron chi connectivity index (χ3n) is 2.90. The second kappa shape index (κ2) is 9.29. The van der Waals surface area contributed by atoms with E-state index in [1.807, 2.05) is 46.8 Å². The summed E-state index contributed by atoms with van der Waals surface area (Å²) in [5.74, 6) is -0.231. The van der Waals surface area contributed by atoms with E-state index in [1.165, 1.54) is 0 Å². The number of hydrogen-bond donors (Lipinski definition) is 1. The van der Waals surface area contributed by atoms with Crippen LogP contribution in [0.15, 0.2) is 33.5 Å². The topological polar surface area (TPSA) is 78.1 Å². The number of esters is 1. The zero-order valence-corrected chi connectivity index (χ0v) is 18.2. The Kier molecular flexibility index (Phi) is 8.02. The van der Waals surface area contributed by atoms with Crippen LogP contribution in [0.2, 0.25) is 0 Å². The molecule has 136 valence electrons. The Hall–Kier alpha value is -1.47. The molecule has 2 heterocycles. The number of pyridine rings is 2. The average Bonchev–Trinajstić information content (AvgIpc) is 2.46. The Bertz CT molecular complexity index is 744. The molecule has 0 aliphatic carbocycles. The maximum Gasteiger partial charge on any atom is 0.310 e. The summed E-state index contributed by atoms with van der Waals surface area (Å²) in [6.45, 7) is 9.39. The lowest BCUT2D eigenvalue weighted by Gasteiger charge is -2.19. The quantitative estimate of drug-likeness (QED) is 0.636. The molecule has 2 aromatic heterocycles. The number of halogens is 2. The van der Waals surface area contributed by atoms with Gasteiger partial charge in [-0.2, -0.15) is 0 Å². The van der Waals surface area contributed by atoms with Gasteiger partial charge in [0.25, 0.3) is 0 Å². The number of hydrogen-bond acceptors (Lipinski definition) is 5. The van der Waals surface area contributed by atoms with Gasteiger partial charge in [0.05, 0.1) is 29.7 Å². The first-order chi connectivity index (χ1) is 11.5. The van der Waals surface area contributed by atoms with Crippen LogP contribution in [0.3, 0.4) is 0 Å². The zero-order chi connectivity index (χ0) is 19.2. The van der Waals surface area contributed by atoms with Gasteiger partial charge in [-0.05, 0) is 84.2 Å². The van der Waals surface area contributed by atoms with Crippen LogP contribution in [0.5, 0.6) is 0 Å². The molecule has 0 saturated carbocycles. The lowest BCUT2D eigenvalue weighted by atomic mass is 10.1. The fraction of sp³-hybridized carbons (Fsp3) is 0.389. The number of ether oxygens (including phenoxy) is 1. The number of aromatic nitrogens is 2. The fourth-order valence-electron chi connectivity index (χ4n) is 1.71. The molecular weight excluding hydrogens is 450 g/mol. The van der Waals surface area contributed by atoms with Gasteiger partial charge in [-0.3, -0.25) is 14.8 Å². The van der Waals surface area contributed by atoms with Crippen molar-refractivity contribution in [2.75, 3.05) is 5.73 Å². The van der Waals surface area contributed by atoms with Crippen LogP contribution < -0.4 is 5.73 Å². The van der Waals surface area contributed by atoms with Crippen molar-refractivity contribution >= 4 is 43.5 Å². The van der Waals surface area contributed by atoms with Crippen LogP contribution in [0.4, 0.5) is 5.69 Å². The summed E-state index contributed by atoms with van der Waals surface area (Å²) in [5.41, 5.74) is 8.41. The molecule has 5 nitrogen and oxygen atoms in total. The summed E-state index contributed by atoms with van der Waals surface area (Å²) in [4.78, 5) is 19.7. The van der Waals surface area contributed by atoms with Gasteiger partial charge < -0.3 is 10.5 Å². The van der Waals surface area contributed by atoms with E-state index in [1.54, 1.807) is 12.4 Å². The Balaban J connectivity index is 0.000000293. The van der Waals surface area contributed by atoms with E-state index in [0.717, 1.165) is 25.9 Å². The Labute approximate surface area is 165 Å². The molecule has 0 fully saturated rings. The first kappa shape index (κ1) is 21.6. The fourth-order valence-corrected chi connectivity index (χ4v) is 2.47. The molecule has 0 saturated heterocycles. The molecule has 7 heteroatoms. The number of rotatable bonds is 2. The minimum absolute atomic E-state index is 0.231. The summed E-state index contributed by atoms with van der Waals surface area (Å²) in [6.07, 6.45) is 3.59. The van der Waals surface area contributed by atoms with Crippen LogP contribution in [0.25, 0.3) is 0 Å². The normalized spacial score (nSPS) is 10.7. The van der Waals surface area contributed by atoms with Gasteiger partial charge in [-0.25, -0.2) is 0 Å². The summed E-state index contributed by atoms with van der Waals surface area (Å²) >= 11 is 6.69. The number of carbonyl (C=O) groups is 1. The first-order valence-electron chi connectivity index (χ1n) is 7.68. The van der Waals surface area contributed by atoms with E-state index >= 15 is 0 Å². The van der Waals surface area contributed by atoms with Crippen LogP contribution in [-0.4, -0.2) is 21.5 Å². The maximum absolute atomic E-state index is 11.6. The predicted octanol–water partition coefficient (Wildman–Crippen LogP) is 4.77. The molecule has 0 unspecified atom stereocenters. The summed E-state index contributed by atoms with van der Waals surface area (Å²) in [7, 11) is 0. The highest BCUT2D eigenvalue weighted by atomic mass is 79.9. The van der Waals surface area contributed by atoms with Crippen molar-refractivity contribution in [1.82, 2.24) is 9.97 Å². The van der Waals surface area contributed by atoms with Crippen LogP contribution in [0, 0.1) is 13.8 Å². The van der Waals surface area contributed by atoms with Crippen molar-refractivity contribution in [3.05, 3.63) is 50.4 Å². The maximum atomic E-state index is 11.6. The molecule has 25 heavy (non-hydrogen) atoms. The van der Waals surface area contributed by atoms with Gasteiger partial charge in [-0.15, -0.1) is 0 Å². The van der Waals surface area contributed by atoms with Gasteiger partial charge in [0.2, 0.25) is 0 Å². The third kappa shape index (κ3) is 8.45. The second-order valence-electron chi connectivity index (χ2n) is 6.51. The number of anilines is 1. The first-order valence-corrected chi connectivity index (χ1v) is 9.27. The van der Waals surface area contributed by atoms with Crippen molar-refractivity contribution in [1.29, 1.82) is 0 Å². The van der Waals surface area contributed by atoms with E-state index in [0.29, 0.717) is 5.69 Å². The molecule has 0 spiro atoms. The predicted molar refractivity (Wildman–Crippen MR) is 107 cm³/mol. The lowest BCUT2D eigenvalue weighted by molar-refractivity contribution is -0.153. The van der Waals surface area contributed by atoms with Crippen molar-refractivity contribution in [3.8, 4) is 0 Å². The standard InChI is InChI=1S/C12H16BrNO2.C6H7BrN2/c1-8-10(13)5-9(7-14-8)6-11(15)16-12(2,3)4;1-4-6(7)2-5(8)3-9-4/h5,7H,6H2,1-4H3;2-3H,8H2,1H3. The van der Waals surface area contributed by atoms with Crippen LogP contribution >= 0.6 is 31.9 Å². The van der Waals surface area contributed by atoms with E-state index in [2.05, 4.69) is 41.8 Å². The Morgan fingerprint density at radius 2 is 1.60 bits per heavy atom. The molecule has 0 radical (unpaired) electrons. The lowest BCUT2D eigenvalue weighted by Crippen LogP contribution is -2.24. The summed E-state index contributed by atoms with van der Waals surface area (Å²) < 4.78 is 7.10. The number of carbonyl (C=O) groups excluding carboxylic acids is 1. The summed E-state index contributed by atoms with van der Waals surface area (Å²) in [5, 5.41) is 0. The van der Waals surface area contributed by atoms with Crippen LogP contribution in [-0.2, 0) is 16.0 Å². The van der Waals surface area contributed by atoms with Gasteiger partial charge in [0.15, 0.2) is 0 Å². The number of nitrogen functional groups attached to an aromatic ring is 1. The molecule has 0 aliphatic rings. The van der Waals surface area contributed by atoms with E-state index in [9.17, 15) is 4.79 Å². The molecule has 0 aliphatic heterocycles. The zero-order valence-electron chi connectivity index (χ0n) is 15.1. The molecule has 0 aromatic carbocycles. The van der Waals surface area contributed by atoms with Gasteiger partial charge in [-0.1, -0.05) is 0 Å². The number of aryl methyl sites for hydroxylation is 2. The average molecular weight is 473 g/mol. The molecule has 2 rings (SSSR count). The Morgan fingerprint density at radius 3 is 2.04 bits per heavy atom. The van der Waals surface area contributed by atoms with Crippen molar-refractivity contribution in [2.45, 2.75) is 46.6 Å². The SMILES string of the molecule is Cc1ncc(CC(=O)OC(C)(C)C)cc1Br.Cc1ncc(N)cc1Br. The van der Waals surface area contributed by atoms with Crippen molar-refractivity contribution in [3.63, 3.8) is 0 Å². The second-order valence-corrected chi connectivity index (χ2v) is 8.22. The van der Waals surface area contributed by atoms with Gasteiger partial charge >= 0.3 is 5.97 Å². The Morgan fingerprint density at radius 1 is 1.08 bits per heavy atom. The molecule has 0 amide bonds. The summed E-state index contributed by atoms with van der Waals surface area (Å²) in [6, 6.07) is 3.73. The van der Waals surface area contributed by atoms with Gasteiger partial charge in [0.1, 0.15) is 5.60 Å². The third-order valence-corrected chi connectivity index (χ3v) is 4.50. The largest absolute Gasteiger partial charge is 0.460 e. The molecule has 0 atom stereocenters. The molecule has 2 N–H and O–H groups in total. The number of nitrogens with zero attached hydrogens (tertiary/aromatic N) is 2.